The second-order valence-electron chi connectivity index (χ2n) is 2.53. The third-order valence-electron chi connectivity index (χ3n) is 1.66. The van der Waals surface area contributed by atoms with Gasteiger partial charge in [0, 0.05) is 10.9 Å². The molecule has 0 unspecified atom stereocenters. The summed E-state index contributed by atoms with van der Waals surface area (Å²) in [4.78, 5) is 0. The molecule has 4 heteroatoms. The second-order valence-corrected chi connectivity index (χ2v) is 3.68. The number of alkyl halides is 1. The summed E-state index contributed by atoms with van der Waals surface area (Å²) in [5.74, 6) is 0. The largest absolute Gasteiger partial charge is 0.410 e. The minimum absolute atomic E-state index is 0.116. The predicted molar refractivity (Wildman–Crippen MR) is 58.1 cm³/mol. The van der Waals surface area contributed by atoms with Crippen molar-refractivity contribution in [3.63, 3.8) is 0 Å². The van der Waals surface area contributed by atoms with E-state index < -0.39 is 0 Å². The van der Waals surface area contributed by atoms with E-state index in [4.69, 9.17) is 16.8 Å². The summed E-state index contributed by atoms with van der Waals surface area (Å²) in [5, 5.41) is 12.4. The number of oxime groups is 1. The highest BCUT2D eigenvalue weighted by Gasteiger charge is 1.99. The van der Waals surface area contributed by atoms with E-state index in [1.165, 1.54) is 5.56 Å². The second kappa shape index (κ2) is 5.25. The highest BCUT2D eigenvalue weighted by Crippen LogP contribution is 2.09. The number of aryl methyl sites for hydroxylation is 1. The van der Waals surface area contributed by atoms with Crippen LogP contribution in [0.25, 0.3) is 0 Å². The van der Waals surface area contributed by atoms with Crippen LogP contribution in [-0.4, -0.2) is 15.7 Å². The van der Waals surface area contributed by atoms with Crippen molar-refractivity contribution in [2.75, 3.05) is 5.33 Å². The van der Waals surface area contributed by atoms with Crippen molar-refractivity contribution in [1.82, 2.24) is 0 Å². The van der Waals surface area contributed by atoms with E-state index in [1.54, 1.807) is 0 Å². The van der Waals surface area contributed by atoms with E-state index in [-0.39, 0.29) is 5.17 Å². The molecule has 0 aromatic heterocycles. The van der Waals surface area contributed by atoms with E-state index in [2.05, 4.69) is 21.1 Å². The average molecular weight is 263 g/mol. The number of hydrogen-bond acceptors (Lipinski definition) is 2. The van der Waals surface area contributed by atoms with Crippen LogP contribution in [0.1, 0.15) is 11.1 Å². The average Bonchev–Trinajstić information content (AvgIpc) is 2.18. The van der Waals surface area contributed by atoms with Gasteiger partial charge in [-0.1, -0.05) is 57.0 Å². The Morgan fingerprint density at radius 3 is 2.46 bits per heavy atom. The molecule has 0 aliphatic heterocycles. The molecule has 0 saturated carbocycles. The van der Waals surface area contributed by atoms with Gasteiger partial charge >= 0.3 is 0 Å². The number of rotatable bonds is 3. The fraction of sp³-hybridized carbons (Fsp3) is 0.222. The van der Waals surface area contributed by atoms with Crippen LogP contribution < -0.4 is 0 Å². The lowest BCUT2D eigenvalue weighted by Gasteiger charge is -1.99. The number of nitrogens with zero attached hydrogens (tertiary/aromatic N) is 1. The van der Waals surface area contributed by atoms with Gasteiger partial charge in [0.05, 0.1) is 0 Å². The molecule has 0 fully saturated rings. The molecule has 2 nitrogen and oxygen atoms in total. The maximum Gasteiger partial charge on any atom is 0.175 e. The zero-order valence-electron chi connectivity index (χ0n) is 6.87. The summed E-state index contributed by atoms with van der Waals surface area (Å²) in [6, 6.07) is 7.59. The molecule has 1 aromatic carbocycles. The van der Waals surface area contributed by atoms with Crippen molar-refractivity contribution < 1.29 is 5.21 Å². The van der Waals surface area contributed by atoms with Gasteiger partial charge in [-0.2, -0.15) is 0 Å². The Balaban J connectivity index is 2.81. The van der Waals surface area contributed by atoms with E-state index in [9.17, 15) is 0 Å². The van der Waals surface area contributed by atoms with Crippen LogP contribution in [-0.2, 0) is 6.42 Å². The lowest BCUT2D eigenvalue weighted by atomic mass is 10.1. The van der Waals surface area contributed by atoms with E-state index >= 15 is 0 Å². The van der Waals surface area contributed by atoms with Crippen molar-refractivity contribution in [3.05, 3.63) is 35.4 Å². The summed E-state index contributed by atoms with van der Waals surface area (Å²) in [5.41, 5.74) is 1.95. The minimum Gasteiger partial charge on any atom is -0.410 e. The zero-order valence-corrected chi connectivity index (χ0v) is 9.22. The van der Waals surface area contributed by atoms with Gasteiger partial charge in [-0.3, -0.25) is 0 Å². The molecule has 0 heterocycles. The first-order valence-electron chi connectivity index (χ1n) is 3.80. The molecule has 1 aromatic rings. The van der Waals surface area contributed by atoms with Crippen LogP contribution in [0.3, 0.4) is 0 Å². The molecule has 0 saturated heterocycles. The normalized spacial score (nSPS) is 11.7. The summed E-state index contributed by atoms with van der Waals surface area (Å²) < 4.78 is 0. The molecule has 1 N–H and O–H groups in total. The molecule has 0 aliphatic carbocycles. The Hall–Kier alpha value is -0.540. The molecular formula is C9H9BrClNO. The molecule has 0 radical (unpaired) electrons. The van der Waals surface area contributed by atoms with Crippen LogP contribution in [0, 0.1) is 0 Å². The molecule has 0 aliphatic rings. The standard InChI is InChI=1S/C9H9BrClNO/c10-6-5-7-1-3-8(4-2-7)9(11)12-13/h1-4,13H,5-6H2. The summed E-state index contributed by atoms with van der Waals surface area (Å²) in [6.07, 6.45) is 0.980. The smallest absolute Gasteiger partial charge is 0.175 e. The first-order chi connectivity index (χ1) is 6.27. The number of hydrogen-bond donors (Lipinski definition) is 1. The third kappa shape index (κ3) is 3.01. The molecule has 0 spiro atoms. The Bertz CT molecular complexity index is 297. The van der Waals surface area contributed by atoms with Crippen molar-refractivity contribution in [2.24, 2.45) is 5.16 Å². The van der Waals surface area contributed by atoms with Gasteiger partial charge in [0.2, 0.25) is 0 Å². The molecule has 0 bridgehead atoms. The first-order valence-corrected chi connectivity index (χ1v) is 5.30. The quantitative estimate of drug-likeness (QED) is 0.386. The summed E-state index contributed by atoms with van der Waals surface area (Å²) >= 11 is 8.97. The van der Waals surface area contributed by atoms with E-state index in [0.29, 0.717) is 0 Å². The fourth-order valence-corrected chi connectivity index (χ4v) is 1.56. The first kappa shape index (κ1) is 10.5. The van der Waals surface area contributed by atoms with Gasteiger partial charge in [0.1, 0.15) is 0 Å². The lowest BCUT2D eigenvalue weighted by Crippen LogP contribution is -1.92. The van der Waals surface area contributed by atoms with Crippen LogP contribution in [0.4, 0.5) is 0 Å². The predicted octanol–water partition coefficient (Wildman–Crippen LogP) is 3.00. The maximum absolute atomic E-state index is 8.41. The Morgan fingerprint density at radius 2 is 2.00 bits per heavy atom. The number of halogens is 2. The molecular weight excluding hydrogens is 253 g/mol. The van der Waals surface area contributed by atoms with Crippen LogP contribution >= 0.6 is 27.5 Å². The van der Waals surface area contributed by atoms with Gasteiger partial charge in [0.25, 0.3) is 0 Å². The van der Waals surface area contributed by atoms with E-state index in [0.717, 1.165) is 17.3 Å². The van der Waals surface area contributed by atoms with Crippen molar-refractivity contribution in [2.45, 2.75) is 6.42 Å². The zero-order chi connectivity index (χ0) is 9.68. The Labute approximate surface area is 90.3 Å². The van der Waals surface area contributed by atoms with Gasteiger partial charge in [-0.15, -0.1) is 0 Å². The minimum atomic E-state index is 0.116. The fourth-order valence-electron chi connectivity index (χ4n) is 0.976. The topological polar surface area (TPSA) is 32.6 Å². The highest BCUT2D eigenvalue weighted by atomic mass is 79.9. The lowest BCUT2D eigenvalue weighted by molar-refractivity contribution is 0.321. The van der Waals surface area contributed by atoms with E-state index in [1.807, 2.05) is 24.3 Å². The Kier molecular flexibility index (Phi) is 4.25. The summed E-state index contributed by atoms with van der Waals surface area (Å²) in [6.45, 7) is 0. The van der Waals surface area contributed by atoms with Gasteiger partial charge in [-0.25, -0.2) is 0 Å². The van der Waals surface area contributed by atoms with Crippen molar-refractivity contribution in [3.8, 4) is 0 Å². The monoisotopic (exact) mass is 261 g/mol. The number of benzene rings is 1. The molecule has 13 heavy (non-hydrogen) atoms. The third-order valence-corrected chi connectivity index (χ3v) is 2.35. The highest BCUT2D eigenvalue weighted by molar-refractivity contribution is 9.09. The molecule has 1 rings (SSSR count). The molecule has 0 amide bonds. The van der Waals surface area contributed by atoms with Gasteiger partial charge in [-0.05, 0) is 12.0 Å². The molecule has 70 valence electrons. The van der Waals surface area contributed by atoms with Crippen LogP contribution in [0.15, 0.2) is 29.4 Å². The maximum atomic E-state index is 8.41. The Morgan fingerprint density at radius 1 is 1.38 bits per heavy atom. The summed E-state index contributed by atoms with van der Waals surface area (Å²) in [7, 11) is 0. The van der Waals surface area contributed by atoms with Crippen LogP contribution in [0.5, 0.6) is 0 Å². The molecule has 0 atom stereocenters. The van der Waals surface area contributed by atoms with Gasteiger partial charge in [0.15, 0.2) is 5.17 Å². The van der Waals surface area contributed by atoms with Crippen molar-refractivity contribution in [1.29, 1.82) is 0 Å². The van der Waals surface area contributed by atoms with Crippen molar-refractivity contribution >= 4 is 32.7 Å². The van der Waals surface area contributed by atoms with Crippen LogP contribution in [0.2, 0.25) is 0 Å². The van der Waals surface area contributed by atoms with Gasteiger partial charge < -0.3 is 5.21 Å². The SMILES string of the molecule is ON=C(Cl)c1ccc(CCBr)cc1.